The van der Waals surface area contributed by atoms with Gasteiger partial charge in [0, 0.05) is 11.3 Å². The van der Waals surface area contributed by atoms with Crippen LogP contribution in [0.25, 0.3) is 0 Å². The van der Waals surface area contributed by atoms with Gasteiger partial charge in [0.15, 0.2) is 0 Å². The summed E-state index contributed by atoms with van der Waals surface area (Å²) in [6.45, 7) is 3.57. The van der Waals surface area contributed by atoms with Gasteiger partial charge in [0.1, 0.15) is 11.6 Å². The monoisotopic (exact) mass is 325 g/mol. The lowest BCUT2D eigenvalue weighted by atomic mass is 10.1. The minimum Gasteiger partial charge on any atom is -0.437 e. The van der Waals surface area contributed by atoms with Gasteiger partial charge in [0.05, 0.1) is 11.1 Å². The van der Waals surface area contributed by atoms with E-state index in [1.807, 2.05) is 19.9 Å². The standard InChI is InChI=1S/C14H13BrFNO2/c1-8-5-9(2)17-14(11(8)7-18)19-13-4-3-10(16)6-12(13)15/h3-6,18H,7H2,1-2H3. The van der Waals surface area contributed by atoms with Crippen LogP contribution in [0.15, 0.2) is 28.7 Å². The molecule has 0 aliphatic heterocycles. The van der Waals surface area contributed by atoms with Crippen molar-refractivity contribution in [2.75, 3.05) is 0 Å². The average molecular weight is 326 g/mol. The second-order valence-corrected chi connectivity index (χ2v) is 5.05. The Kier molecular flexibility index (Phi) is 4.17. The highest BCUT2D eigenvalue weighted by atomic mass is 79.9. The molecule has 0 radical (unpaired) electrons. The van der Waals surface area contributed by atoms with Crippen molar-refractivity contribution in [2.24, 2.45) is 0 Å². The molecule has 19 heavy (non-hydrogen) atoms. The zero-order valence-electron chi connectivity index (χ0n) is 10.6. The SMILES string of the molecule is Cc1cc(C)c(CO)c(Oc2ccc(F)cc2Br)n1. The molecule has 0 amide bonds. The maximum atomic E-state index is 13.0. The van der Waals surface area contributed by atoms with Gasteiger partial charge >= 0.3 is 0 Å². The summed E-state index contributed by atoms with van der Waals surface area (Å²) in [7, 11) is 0. The lowest BCUT2D eigenvalue weighted by Gasteiger charge is -2.13. The van der Waals surface area contributed by atoms with E-state index in [4.69, 9.17) is 4.74 Å². The Labute approximate surface area is 119 Å². The van der Waals surface area contributed by atoms with Crippen LogP contribution in [0.3, 0.4) is 0 Å². The third-order valence-corrected chi connectivity index (χ3v) is 3.32. The molecule has 0 fully saturated rings. The van der Waals surface area contributed by atoms with Crippen molar-refractivity contribution in [1.82, 2.24) is 4.98 Å². The molecule has 1 aromatic heterocycles. The molecule has 0 saturated heterocycles. The molecule has 1 N–H and O–H groups in total. The minimum atomic E-state index is -0.352. The Balaban J connectivity index is 2.42. The van der Waals surface area contributed by atoms with Crippen LogP contribution in [0.5, 0.6) is 11.6 Å². The Bertz CT molecular complexity index is 617. The first-order chi connectivity index (χ1) is 9.01. The fourth-order valence-corrected chi connectivity index (χ4v) is 2.20. The number of hydrogen-bond acceptors (Lipinski definition) is 3. The summed E-state index contributed by atoms with van der Waals surface area (Å²) in [5.41, 5.74) is 2.33. The number of benzene rings is 1. The van der Waals surface area contributed by atoms with Crippen LogP contribution in [0.4, 0.5) is 4.39 Å². The summed E-state index contributed by atoms with van der Waals surface area (Å²) >= 11 is 3.23. The molecule has 2 aromatic rings. The van der Waals surface area contributed by atoms with Gasteiger partial charge in [0.25, 0.3) is 0 Å². The quantitative estimate of drug-likeness (QED) is 0.931. The van der Waals surface area contributed by atoms with Gasteiger partial charge < -0.3 is 9.84 Å². The number of aliphatic hydroxyl groups is 1. The number of halogens is 2. The number of aromatic nitrogens is 1. The molecule has 5 heteroatoms. The molecule has 0 aliphatic rings. The molecular weight excluding hydrogens is 313 g/mol. The van der Waals surface area contributed by atoms with Crippen molar-refractivity contribution in [3.63, 3.8) is 0 Å². The summed E-state index contributed by atoms with van der Waals surface area (Å²) in [6, 6.07) is 6.01. The predicted molar refractivity (Wildman–Crippen MR) is 73.8 cm³/mol. The van der Waals surface area contributed by atoms with Crippen molar-refractivity contribution >= 4 is 15.9 Å². The normalized spacial score (nSPS) is 10.6. The fraction of sp³-hybridized carbons (Fsp3) is 0.214. The zero-order chi connectivity index (χ0) is 14.0. The first kappa shape index (κ1) is 14.0. The number of rotatable bonds is 3. The van der Waals surface area contributed by atoms with Crippen LogP contribution >= 0.6 is 15.9 Å². The molecular formula is C14H13BrFNO2. The van der Waals surface area contributed by atoms with Crippen molar-refractivity contribution in [3.05, 3.63) is 51.4 Å². The molecule has 2 rings (SSSR count). The van der Waals surface area contributed by atoms with Crippen molar-refractivity contribution in [3.8, 4) is 11.6 Å². The van der Waals surface area contributed by atoms with Crippen LogP contribution in [-0.2, 0) is 6.61 Å². The summed E-state index contributed by atoms with van der Waals surface area (Å²) in [4.78, 5) is 4.27. The largest absolute Gasteiger partial charge is 0.437 e. The number of ether oxygens (including phenoxy) is 1. The van der Waals surface area contributed by atoms with Gasteiger partial charge in [-0.05, 0) is 59.6 Å². The topological polar surface area (TPSA) is 42.4 Å². The van der Waals surface area contributed by atoms with E-state index in [2.05, 4.69) is 20.9 Å². The van der Waals surface area contributed by atoms with Crippen molar-refractivity contribution < 1.29 is 14.2 Å². The predicted octanol–water partition coefficient (Wildman–Crippen LogP) is 3.88. The average Bonchev–Trinajstić information content (AvgIpc) is 2.32. The Morgan fingerprint density at radius 2 is 2.05 bits per heavy atom. The third-order valence-electron chi connectivity index (χ3n) is 2.70. The summed E-state index contributed by atoms with van der Waals surface area (Å²) in [5, 5.41) is 9.39. The maximum absolute atomic E-state index is 13.0. The van der Waals surface area contributed by atoms with E-state index < -0.39 is 0 Å². The molecule has 0 aliphatic carbocycles. The van der Waals surface area contributed by atoms with E-state index in [-0.39, 0.29) is 12.4 Å². The van der Waals surface area contributed by atoms with E-state index in [0.717, 1.165) is 11.3 Å². The van der Waals surface area contributed by atoms with Crippen LogP contribution in [0.1, 0.15) is 16.8 Å². The minimum absolute atomic E-state index is 0.159. The molecule has 0 unspecified atom stereocenters. The lowest BCUT2D eigenvalue weighted by Crippen LogP contribution is -2.00. The Hall–Kier alpha value is -1.46. The van der Waals surface area contributed by atoms with Gasteiger partial charge in [0.2, 0.25) is 5.88 Å². The van der Waals surface area contributed by atoms with E-state index in [0.29, 0.717) is 21.7 Å². The maximum Gasteiger partial charge on any atom is 0.225 e. The zero-order valence-corrected chi connectivity index (χ0v) is 12.2. The molecule has 100 valence electrons. The van der Waals surface area contributed by atoms with Gasteiger partial charge in [-0.15, -0.1) is 0 Å². The molecule has 1 aromatic carbocycles. The molecule has 0 saturated carbocycles. The molecule has 0 spiro atoms. The van der Waals surface area contributed by atoms with E-state index in [1.165, 1.54) is 18.2 Å². The number of hydrogen-bond donors (Lipinski definition) is 1. The smallest absolute Gasteiger partial charge is 0.225 e. The Morgan fingerprint density at radius 1 is 1.32 bits per heavy atom. The molecule has 3 nitrogen and oxygen atoms in total. The second-order valence-electron chi connectivity index (χ2n) is 4.20. The van der Waals surface area contributed by atoms with Crippen molar-refractivity contribution in [2.45, 2.75) is 20.5 Å². The van der Waals surface area contributed by atoms with Crippen molar-refractivity contribution in [1.29, 1.82) is 0 Å². The highest BCUT2D eigenvalue weighted by Crippen LogP contribution is 2.32. The van der Waals surface area contributed by atoms with Crippen LogP contribution in [-0.4, -0.2) is 10.1 Å². The van der Waals surface area contributed by atoms with Crippen LogP contribution in [0, 0.1) is 19.7 Å². The number of nitrogens with zero attached hydrogens (tertiary/aromatic N) is 1. The first-order valence-corrected chi connectivity index (χ1v) is 6.51. The van der Waals surface area contributed by atoms with E-state index in [1.54, 1.807) is 0 Å². The fourth-order valence-electron chi connectivity index (χ4n) is 1.77. The molecule has 0 bridgehead atoms. The summed E-state index contributed by atoms with van der Waals surface area (Å²) < 4.78 is 19.2. The van der Waals surface area contributed by atoms with Gasteiger partial charge in [-0.3, -0.25) is 0 Å². The van der Waals surface area contributed by atoms with Gasteiger partial charge in [-0.25, -0.2) is 9.37 Å². The third kappa shape index (κ3) is 3.11. The second kappa shape index (κ2) is 5.67. The van der Waals surface area contributed by atoms with Crippen LogP contribution in [0.2, 0.25) is 0 Å². The van der Waals surface area contributed by atoms with E-state index >= 15 is 0 Å². The summed E-state index contributed by atoms with van der Waals surface area (Å²) in [6.07, 6.45) is 0. The molecule has 1 heterocycles. The highest BCUT2D eigenvalue weighted by Gasteiger charge is 2.12. The Morgan fingerprint density at radius 3 is 2.68 bits per heavy atom. The van der Waals surface area contributed by atoms with Gasteiger partial charge in [-0.2, -0.15) is 0 Å². The molecule has 0 atom stereocenters. The summed E-state index contributed by atoms with van der Waals surface area (Å²) in [5.74, 6) is 0.441. The number of aryl methyl sites for hydroxylation is 2. The highest BCUT2D eigenvalue weighted by molar-refractivity contribution is 9.10. The number of aliphatic hydroxyl groups excluding tert-OH is 1. The lowest BCUT2D eigenvalue weighted by molar-refractivity contribution is 0.274. The van der Waals surface area contributed by atoms with Gasteiger partial charge in [-0.1, -0.05) is 0 Å². The number of pyridine rings is 1. The van der Waals surface area contributed by atoms with Crippen LogP contribution < -0.4 is 4.74 Å². The van der Waals surface area contributed by atoms with E-state index in [9.17, 15) is 9.50 Å². The first-order valence-electron chi connectivity index (χ1n) is 5.72.